The number of hydrogen-bond donors (Lipinski definition) is 0. The molecule has 0 radical (unpaired) electrons. The average Bonchev–Trinajstić information content (AvgIpc) is 2.44. The normalized spacial score (nSPS) is 14.1. The number of benzene rings is 1. The van der Waals surface area contributed by atoms with Crippen LogP contribution in [0.15, 0.2) is 30.8 Å². The van der Waals surface area contributed by atoms with E-state index in [4.69, 9.17) is 9.47 Å². The van der Waals surface area contributed by atoms with E-state index in [2.05, 4.69) is 27.4 Å². The molecule has 0 aliphatic rings. The number of unbranched alkanes of at least 4 members (excludes halogenated alkanes) is 2. The first-order chi connectivity index (χ1) is 9.51. The van der Waals surface area contributed by atoms with E-state index in [9.17, 15) is 0 Å². The van der Waals surface area contributed by atoms with Gasteiger partial charge in [-0.05, 0) is 24.1 Å². The molecule has 20 heavy (non-hydrogen) atoms. The second-order valence-electron chi connectivity index (χ2n) is 5.60. The van der Waals surface area contributed by atoms with Crippen molar-refractivity contribution < 1.29 is 9.47 Å². The molecular weight excluding hydrogens is 248 g/mol. The summed E-state index contributed by atoms with van der Waals surface area (Å²) in [7, 11) is 0. The van der Waals surface area contributed by atoms with Gasteiger partial charge >= 0.3 is 0 Å². The predicted molar refractivity (Wildman–Crippen MR) is 85.9 cm³/mol. The van der Waals surface area contributed by atoms with Crippen LogP contribution in [0.5, 0.6) is 5.75 Å². The molecule has 1 aromatic carbocycles. The van der Waals surface area contributed by atoms with Crippen LogP contribution in [0.2, 0.25) is 0 Å². The van der Waals surface area contributed by atoms with Gasteiger partial charge in [-0.3, -0.25) is 0 Å². The first-order valence-electron chi connectivity index (χ1n) is 7.57. The maximum Gasteiger partial charge on any atom is 0.209 e. The van der Waals surface area contributed by atoms with E-state index in [1.54, 1.807) is 0 Å². The topological polar surface area (TPSA) is 18.5 Å². The quantitative estimate of drug-likeness (QED) is 0.451. The molecule has 2 heteroatoms. The van der Waals surface area contributed by atoms with Gasteiger partial charge in [0.15, 0.2) is 0 Å². The summed E-state index contributed by atoms with van der Waals surface area (Å²) in [6.07, 6.45) is 5.30. The highest BCUT2D eigenvalue weighted by Gasteiger charge is 2.31. The summed E-state index contributed by atoms with van der Waals surface area (Å²) in [5, 5.41) is 0. The minimum Gasteiger partial charge on any atom is -0.462 e. The highest BCUT2D eigenvalue weighted by Crippen LogP contribution is 2.27. The number of hydrogen-bond acceptors (Lipinski definition) is 2. The Kier molecular flexibility index (Phi) is 6.80. The summed E-state index contributed by atoms with van der Waals surface area (Å²) in [4.78, 5) is 0. The first kappa shape index (κ1) is 16.8. The third-order valence-electron chi connectivity index (χ3n) is 3.62. The minimum atomic E-state index is -0.580. The zero-order valence-corrected chi connectivity index (χ0v) is 13.3. The van der Waals surface area contributed by atoms with Gasteiger partial charge in [0.05, 0.1) is 6.61 Å². The largest absolute Gasteiger partial charge is 0.462 e. The molecule has 1 unspecified atom stereocenters. The summed E-state index contributed by atoms with van der Waals surface area (Å²) in [6.45, 7) is 13.0. The summed E-state index contributed by atoms with van der Waals surface area (Å²) in [5.41, 5.74) is 1.09. The highest BCUT2D eigenvalue weighted by molar-refractivity contribution is 5.48. The van der Waals surface area contributed by atoms with Crippen molar-refractivity contribution in [2.45, 2.75) is 52.7 Å². The molecule has 0 amide bonds. The molecule has 0 aliphatic heterocycles. The lowest BCUT2D eigenvalue weighted by molar-refractivity contribution is -0.198. The van der Waals surface area contributed by atoms with Crippen LogP contribution >= 0.6 is 0 Å². The van der Waals surface area contributed by atoms with Crippen molar-refractivity contribution in [3.8, 4) is 5.75 Å². The van der Waals surface area contributed by atoms with E-state index in [-0.39, 0.29) is 5.92 Å². The highest BCUT2D eigenvalue weighted by atomic mass is 16.7. The maximum absolute atomic E-state index is 6.09. The molecule has 1 aromatic rings. The second-order valence-corrected chi connectivity index (χ2v) is 5.60. The van der Waals surface area contributed by atoms with Gasteiger partial charge in [-0.1, -0.05) is 58.4 Å². The Labute approximate surface area is 123 Å². The van der Waals surface area contributed by atoms with Gasteiger partial charge in [0.2, 0.25) is 5.79 Å². The van der Waals surface area contributed by atoms with Gasteiger partial charge in [0, 0.05) is 12.8 Å². The monoisotopic (exact) mass is 276 g/mol. The second kappa shape index (κ2) is 8.11. The lowest BCUT2D eigenvalue weighted by Gasteiger charge is -2.34. The van der Waals surface area contributed by atoms with Crippen molar-refractivity contribution in [2.75, 3.05) is 6.61 Å². The molecule has 0 spiro atoms. The Morgan fingerprint density at radius 3 is 2.35 bits per heavy atom. The SMILES string of the molecule is C=Cc1ccc(OC(C)(OCCCCC)C(C)C)cc1. The van der Waals surface area contributed by atoms with Gasteiger partial charge in [-0.25, -0.2) is 0 Å². The molecule has 1 atom stereocenters. The Bertz CT molecular complexity index is 394. The van der Waals surface area contributed by atoms with E-state index in [0.29, 0.717) is 0 Å². The van der Waals surface area contributed by atoms with Crippen LogP contribution in [0.4, 0.5) is 0 Å². The molecule has 112 valence electrons. The van der Waals surface area contributed by atoms with Gasteiger partial charge < -0.3 is 9.47 Å². The molecule has 0 aromatic heterocycles. The van der Waals surface area contributed by atoms with Crippen molar-refractivity contribution in [1.82, 2.24) is 0 Å². The van der Waals surface area contributed by atoms with Crippen molar-refractivity contribution >= 4 is 6.08 Å². The molecular formula is C18H28O2. The minimum absolute atomic E-state index is 0.281. The fourth-order valence-electron chi connectivity index (χ4n) is 1.85. The fourth-order valence-corrected chi connectivity index (χ4v) is 1.85. The summed E-state index contributed by atoms with van der Waals surface area (Å²) >= 11 is 0. The molecule has 2 nitrogen and oxygen atoms in total. The zero-order chi connectivity index (χ0) is 15.0. The van der Waals surface area contributed by atoms with E-state index in [1.165, 1.54) is 12.8 Å². The molecule has 0 bridgehead atoms. The number of ether oxygens (including phenoxy) is 2. The Morgan fingerprint density at radius 1 is 1.20 bits per heavy atom. The Hall–Kier alpha value is -1.28. The summed E-state index contributed by atoms with van der Waals surface area (Å²) < 4.78 is 12.1. The molecule has 0 saturated heterocycles. The first-order valence-corrected chi connectivity index (χ1v) is 7.57. The third-order valence-corrected chi connectivity index (χ3v) is 3.62. The van der Waals surface area contributed by atoms with Crippen molar-refractivity contribution in [3.05, 3.63) is 36.4 Å². The van der Waals surface area contributed by atoms with Gasteiger partial charge in [0.1, 0.15) is 5.75 Å². The van der Waals surface area contributed by atoms with Crippen LogP contribution in [0.3, 0.4) is 0 Å². The summed E-state index contributed by atoms with van der Waals surface area (Å²) in [5.74, 6) is 0.536. The zero-order valence-electron chi connectivity index (χ0n) is 13.3. The van der Waals surface area contributed by atoms with Crippen molar-refractivity contribution in [1.29, 1.82) is 0 Å². The third kappa shape index (κ3) is 5.01. The van der Waals surface area contributed by atoms with E-state index in [0.717, 1.165) is 24.3 Å². The Morgan fingerprint density at radius 2 is 1.85 bits per heavy atom. The van der Waals surface area contributed by atoms with Crippen LogP contribution in [0.1, 0.15) is 52.5 Å². The van der Waals surface area contributed by atoms with Crippen molar-refractivity contribution in [2.24, 2.45) is 5.92 Å². The van der Waals surface area contributed by atoms with Crippen molar-refractivity contribution in [3.63, 3.8) is 0 Å². The van der Waals surface area contributed by atoms with Crippen LogP contribution in [0.25, 0.3) is 6.08 Å². The standard InChI is InChI=1S/C18H28O2/c1-6-8-9-14-19-18(5,15(3)4)20-17-12-10-16(7-2)11-13-17/h7,10-13,15H,2,6,8-9,14H2,1,3-5H3. The van der Waals surface area contributed by atoms with Crippen LogP contribution in [0, 0.1) is 5.92 Å². The summed E-state index contributed by atoms with van der Waals surface area (Å²) in [6, 6.07) is 7.93. The average molecular weight is 276 g/mol. The molecule has 0 N–H and O–H groups in total. The number of rotatable bonds is 9. The van der Waals surface area contributed by atoms with Crippen LogP contribution < -0.4 is 4.74 Å². The lowest BCUT2D eigenvalue weighted by Crippen LogP contribution is -2.41. The fraction of sp³-hybridized carbons (Fsp3) is 0.556. The van der Waals surface area contributed by atoms with Gasteiger partial charge in [-0.15, -0.1) is 0 Å². The maximum atomic E-state index is 6.09. The lowest BCUT2D eigenvalue weighted by atomic mass is 10.0. The molecule has 0 heterocycles. The van der Waals surface area contributed by atoms with E-state index in [1.807, 2.05) is 37.3 Å². The smallest absolute Gasteiger partial charge is 0.209 e. The van der Waals surface area contributed by atoms with Gasteiger partial charge in [-0.2, -0.15) is 0 Å². The molecule has 0 saturated carbocycles. The molecule has 0 fully saturated rings. The molecule has 1 rings (SSSR count). The Balaban J connectivity index is 2.66. The van der Waals surface area contributed by atoms with Gasteiger partial charge in [0.25, 0.3) is 0 Å². The van der Waals surface area contributed by atoms with Crippen LogP contribution in [-0.2, 0) is 4.74 Å². The van der Waals surface area contributed by atoms with E-state index >= 15 is 0 Å². The predicted octanol–water partition coefficient (Wildman–Crippen LogP) is 5.29. The van der Waals surface area contributed by atoms with E-state index < -0.39 is 5.79 Å². The van der Waals surface area contributed by atoms with Crippen LogP contribution in [-0.4, -0.2) is 12.4 Å². The molecule has 0 aliphatic carbocycles.